The largest absolute Gasteiger partial charge is 0.384 e. The van der Waals surface area contributed by atoms with Crippen LogP contribution in [0.3, 0.4) is 0 Å². The van der Waals surface area contributed by atoms with Crippen LogP contribution in [0.25, 0.3) is 0 Å². The Bertz CT molecular complexity index is 445. The average Bonchev–Trinajstić information content (AvgIpc) is 2.61. The number of unbranched alkanes of at least 4 members (excludes halogenated alkanes) is 1. The van der Waals surface area contributed by atoms with Crippen molar-refractivity contribution in [2.45, 2.75) is 58.5 Å². The van der Waals surface area contributed by atoms with E-state index in [1.54, 1.807) is 0 Å². The van der Waals surface area contributed by atoms with E-state index in [0.717, 1.165) is 63.7 Å². The molecule has 0 aliphatic carbocycles. The molecule has 0 saturated carbocycles. The molecule has 3 unspecified atom stereocenters. The Labute approximate surface area is 152 Å². The minimum absolute atomic E-state index is 0.301. The van der Waals surface area contributed by atoms with Crippen molar-refractivity contribution >= 4 is 6.21 Å². The van der Waals surface area contributed by atoms with Crippen LogP contribution in [0.2, 0.25) is 0 Å². The fourth-order valence-corrected chi connectivity index (χ4v) is 3.16. The van der Waals surface area contributed by atoms with Crippen LogP contribution >= 0.6 is 0 Å². The minimum Gasteiger partial charge on any atom is -0.384 e. The van der Waals surface area contributed by atoms with Crippen LogP contribution in [-0.4, -0.2) is 69.5 Å². The molecule has 2 aliphatic heterocycles. The Kier molecular flexibility index (Phi) is 8.51. The smallest absolute Gasteiger partial charge is 0.226 e. The van der Waals surface area contributed by atoms with E-state index in [9.17, 15) is 0 Å². The summed E-state index contributed by atoms with van der Waals surface area (Å²) < 4.78 is 11.3. The number of morpholine rings is 1. The van der Waals surface area contributed by atoms with Gasteiger partial charge in [-0.15, -0.1) is 0 Å². The van der Waals surface area contributed by atoms with E-state index >= 15 is 0 Å². The molecular weight excluding hydrogens is 318 g/mol. The predicted molar refractivity (Wildman–Crippen MR) is 101 cm³/mol. The maximum Gasteiger partial charge on any atom is 0.226 e. The number of ether oxygens (including phenoxy) is 2. The van der Waals surface area contributed by atoms with Gasteiger partial charge in [-0.1, -0.05) is 13.3 Å². The summed E-state index contributed by atoms with van der Waals surface area (Å²) in [5.41, 5.74) is 0.962. The van der Waals surface area contributed by atoms with Crippen LogP contribution in [0.1, 0.15) is 40.0 Å². The van der Waals surface area contributed by atoms with Gasteiger partial charge in [0, 0.05) is 32.2 Å². The number of hydrogen-bond donors (Lipinski definition) is 3. The molecule has 1 saturated heterocycles. The van der Waals surface area contributed by atoms with Gasteiger partial charge < -0.3 is 25.4 Å². The third kappa shape index (κ3) is 6.17. The average molecular weight is 354 g/mol. The van der Waals surface area contributed by atoms with E-state index in [-0.39, 0.29) is 6.35 Å². The highest BCUT2D eigenvalue weighted by atomic mass is 16.5. The first kappa shape index (κ1) is 20.0. The summed E-state index contributed by atoms with van der Waals surface area (Å²) in [6.07, 6.45) is 4.79. The first-order valence-corrected chi connectivity index (χ1v) is 9.56. The van der Waals surface area contributed by atoms with Gasteiger partial charge in [-0.05, 0) is 26.7 Å². The van der Waals surface area contributed by atoms with Gasteiger partial charge >= 0.3 is 0 Å². The molecule has 0 spiro atoms. The SMILES string of the molecule is CCCCOC1N=CC(NC)=C(NCCCN2C(C)COCC2C)N1. The van der Waals surface area contributed by atoms with E-state index in [2.05, 4.69) is 46.6 Å². The van der Waals surface area contributed by atoms with Gasteiger partial charge in [0.05, 0.1) is 31.7 Å². The van der Waals surface area contributed by atoms with Gasteiger partial charge in [0.1, 0.15) is 5.82 Å². The number of hydrogen-bond acceptors (Lipinski definition) is 7. The standard InChI is InChI=1S/C18H35N5O2/c1-5-6-10-25-18-21-11-16(19-4)17(22-18)20-8-7-9-23-14(2)12-24-13-15(23)3/h11,14-15,18-20,22H,5-10,12-13H2,1-4H3. The Balaban J connectivity index is 1.75. The molecule has 0 aromatic carbocycles. The highest BCUT2D eigenvalue weighted by molar-refractivity contribution is 5.79. The summed E-state index contributed by atoms with van der Waals surface area (Å²) in [5, 5.41) is 9.98. The van der Waals surface area contributed by atoms with Crippen molar-refractivity contribution < 1.29 is 9.47 Å². The zero-order valence-electron chi connectivity index (χ0n) is 16.2. The van der Waals surface area contributed by atoms with Gasteiger partial charge in [0.15, 0.2) is 0 Å². The number of nitrogens with one attached hydrogen (secondary N) is 3. The highest BCUT2D eigenvalue weighted by Gasteiger charge is 2.24. The first-order chi connectivity index (χ1) is 12.2. The molecule has 25 heavy (non-hydrogen) atoms. The molecule has 0 aromatic rings. The zero-order chi connectivity index (χ0) is 18.1. The van der Waals surface area contributed by atoms with Crippen molar-refractivity contribution in [2.24, 2.45) is 4.99 Å². The fourth-order valence-electron chi connectivity index (χ4n) is 3.16. The van der Waals surface area contributed by atoms with Crippen LogP contribution in [0.4, 0.5) is 0 Å². The number of allylic oxidation sites excluding steroid dienone is 1. The number of rotatable bonds is 10. The molecule has 1 fully saturated rings. The molecule has 3 atom stereocenters. The Morgan fingerprint density at radius 2 is 2.08 bits per heavy atom. The predicted octanol–water partition coefficient (Wildman–Crippen LogP) is 1.24. The highest BCUT2D eigenvalue weighted by Crippen LogP contribution is 2.13. The van der Waals surface area contributed by atoms with Gasteiger partial charge in [-0.2, -0.15) is 0 Å². The molecule has 0 radical (unpaired) electrons. The van der Waals surface area contributed by atoms with Crippen molar-refractivity contribution in [2.75, 3.05) is 40.0 Å². The van der Waals surface area contributed by atoms with E-state index in [1.165, 1.54) is 0 Å². The van der Waals surface area contributed by atoms with Crippen molar-refractivity contribution in [1.82, 2.24) is 20.9 Å². The lowest BCUT2D eigenvalue weighted by molar-refractivity contribution is -0.0367. The van der Waals surface area contributed by atoms with Gasteiger partial charge in [0.2, 0.25) is 6.35 Å². The van der Waals surface area contributed by atoms with Crippen LogP contribution in [0.5, 0.6) is 0 Å². The van der Waals surface area contributed by atoms with Crippen LogP contribution in [0.15, 0.2) is 16.5 Å². The third-order valence-electron chi connectivity index (χ3n) is 4.66. The third-order valence-corrected chi connectivity index (χ3v) is 4.66. The summed E-state index contributed by atoms with van der Waals surface area (Å²) in [6, 6.07) is 0.985. The molecule has 2 heterocycles. The number of nitrogens with zero attached hydrogens (tertiary/aromatic N) is 2. The van der Waals surface area contributed by atoms with Crippen molar-refractivity contribution in [3.05, 3.63) is 11.5 Å². The first-order valence-electron chi connectivity index (χ1n) is 9.56. The molecular formula is C18H35N5O2. The van der Waals surface area contributed by atoms with E-state index < -0.39 is 0 Å². The molecule has 0 amide bonds. The fraction of sp³-hybridized carbons (Fsp3) is 0.833. The monoisotopic (exact) mass is 353 g/mol. The zero-order valence-corrected chi connectivity index (χ0v) is 16.2. The maximum atomic E-state index is 5.74. The molecule has 0 bridgehead atoms. The minimum atomic E-state index is -0.301. The second-order valence-electron chi connectivity index (χ2n) is 6.79. The number of aliphatic imine (C=N–C) groups is 1. The summed E-state index contributed by atoms with van der Waals surface area (Å²) in [6.45, 7) is 11.0. The molecule has 0 aromatic heterocycles. The Morgan fingerprint density at radius 1 is 1.32 bits per heavy atom. The van der Waals surface area contributed by atoms with Crippen molar-refractivity contribution in [1.29, 1.82) is 0 Å². The molecule has 3 N–H and O–H groups in total. The summed E-state index contributed by atoms with van der Waals surface area (Å²) in [4.78, 5) is 6.92. The van der Waals surface area contributed by atoms with Crippen LogP contribution in [-0.2, 0) is 9.47 Å². The molecule has 2 aliphatic rings. The second-order valence-corrected chi connectivity index (χ2v) is 6.79. The Hall–Kier alpha value is -1.31. The van der Waals surface area contributed by atoms with E-state index in [4.69, 9.17) is 9.47 Å². The maximum absolute atomic E-state index is 5.74. The van der Waals surface area contributed by atoms with Crippen LogP contribution < -0.4 is 16.0 Å². The normalized spacial score (nSPS) is 27.3. The van der Waals surface area contributed by atoms with Gasteiger partial charge in [-0.3, -0.25) is 4.90 Å². The van der Waals surface area contributed by atoms with Gasteiger partial charge in [-0.25, -0.2) is 4.99 Å². The van der Waals surface area contributed by atoms with Crippen molar-refractivity contribution in [3.63, 3.8) is 0 Å². The lowest BCUT2D eigenvalue weighted by Crippen LogP contribution is -2.50. The van der Waals surface area contributed by atoms with E-state index in [0.29, 0.717) is 12.1 Å². The van der Waals surface area contributed by atoms with Crippen molar-refractivity contribution in [3.8, 4) is 0 Å². The molecule has 7 heteroatoms. The Morgan fingerprint density at radius 3 is 2.76 bits per heavy atom. The van der Waals surface area contributed by atoms with Gasteiger partial charge in [0.25, 0.3) is 0 Å². The summed E-state index contributed by atoms with van der Waals surface area (Å²) in [5.74, 6) is 0.960. The van der Waals surface area contributed by atoms with E-state index in [1.807, 2.05) is 13.3 Å². The van der Waals surface area contributed by atoms with Crippen LogP contribution in [0, 0.1) is 0 Å². The molecule has 2 rings (SSSR count). The summed E-state index contributed by atoms with van der Waals surface area (Å²) >= 11 is 0. The lowest BCUT2D eigenvalue weighted by Gasteiger charge is -2.38. The summed E-state index contributed by atoms with van der Waals surface area (Å²) in [7, 11) is 1.90. The topological polar surface area (TPSA) is 70.2 Å². The quantitative estimate of drug-likeness (QED) is 0.514. The molecule has 7 nitrogen and oxygen atoms in total. The molecule has 144 valence electrons. The second kappa shape index (κ2) is 10.6. The lowest BCUT2D eigenvalue weighted by atomic mass is 10.1.